The number of likely N-dealkylation sites (N-methyl/N-ethyl adjacent to an activating group) is 1. The second-order valence-electron chi connectivity index (χ2n) is 5.77. The number of amides is 3. The summed E-state index contributed by atoms with van der Waals surface area (Å²) in [6.07, 6.45) is -3.26. The zero-order chi connectivity index (χ0) is 18.0. The molecule has 1 saturated carbocycles. The van der Waals surface area contributed by atoms with E-state index in [1.54, 1.807) is 6.07 Å². The molecule has 1 aliphatic carbocycles. The first-order valence-corrected chi connectivity index (χ1v) is 7.24. The van der Waals surface area contributed by atoms with E-state index in [9.17, 15) is 27.2 Å². The molecule has 9 heteroatoms. The normalized spacial score (nSPS) is 15.5. The maximum absolute atomic E-state index is 13.3. The summed E-state index contributed by atoms with van der Waals surface area (Å²) in [6, 6.07) is 5.12. The molecule has 3 amide bonds. The molecule has 0 bridgehead atoms. The maximum atomic E-state index is 13.3. The summed E-state index contributed by atoms with van der Waals surface area (Å²) in [5, 5.41) is 4.87. The molecule has 2 N–H and O–H groups in total. The minimum Gasteiger partial charge on any atom is -0.335 e. The van der Waals surface area contributed by atoms with Gasteiger partial charge >= 0.3 is 12.2 Å². The van der Waals surface area contributed by atoms with E-state index >= 15 is 0 Å². The second kappa shape index (κ2) is 6.66. The summed E-state index contributed by atoms with van der Waals surface area (Å²) < 4.78 is 49.8. The van der Waals surface area contributed by atoms with Crippen LogP contribution in [-0.2, 0) is 10.3 Å². The number of urea groups is 1. The van der Waals surface area contributed by atoms with Gasteiger partial charge in [0.25, 0.3) is 0 Å². The van der Waals surface area contributed by atoms with Crippen molar-refractivity contribution in [3.8, 4) is 0 Å². The number of carbonyl (C=O) groups is 2. The van der Waals surface area contributed by atoms with Gasteiger partial charge in [-0.25, -0.2) is 9.18 Å². The first kappa shape index (κ1) is 18.0. The molecule has 0 aromatic heterocycles. The molecule has 0 unspecified atom stereocenters. The highest BCUT2D eigenvalue weighted by Crippen LogP contribution is 2.45. The van der Waals surface area contributed by atoms with Crippen LogP contribution in [0.4, 0.5) is 22.4 Å². The first-order valence-electron chi connectivity index (χ1n) is 7.24. The first-order chi connectivity index (χ1) is 11.1. The van der Waals surface area contributed by atoms with Crippen molar-refractivity contribution in [2.24, 2.45) is 0 Å². The number of halogens is 4. The minimum atomic E-state index is -4.50. The van der Waals surface area contributed by atoms with Crippen LogP contribution < -0.4 is 10.6 Å². The largest absolute Gasteiger partial charge is 0.406 e. The smallest absolute Gasteiger partial charge is 0.335 e. The van der Waals surface area contributed by atoms with Crippen molar-refractivity contribution in [1.82, 2.24) is 15.5 Å². The summed E-state index contributed by atoms with van der Waals surface area (Å²) in [7, 11) is 1.00. The van der Waals surface area contributed by atoms with Gasteiger partial charge in [-0.1, -0.05) is 12.1 Å². The molecule has 1 aliphatic rings. The van der Waals surface area contributed by atoms with Gasteiger partial charge in [0, 0.05) is 7.05 Å². The van der Waals surface area contributed by atoms with E-state index in [1.165, 1.54) is 18.2 Å². The Bertz CT molecular complexity index is 629. The number of benzene rings is 1. The number of hydrogen-bond acceptors (Lipinski definition) is 2. The zero-order valence-electron chi connectivity index (χ0n) is 12.9. The van der Waals surface area contributed by atoms with Gasteiger partial charge < -0.3 is 15.5 Å². The van der Waals surface area contributed by atoms with Gasteiger partial charge in [0.2, 0.25) is 5.91 Å². The lowest BCUT2D eigenvalue weighted by atomic mass is 10.1. The SMILES string of the molecule is CN(CC(F)(F)F)C(=O)CNC(=O)NC1(c2cccc(F)c2)CC1. The Kier molecular flexibility index (Phi) is 5.00. The lowest BCUT2D eigenvalue weighted by molar-refractivity contribution is -0.157. The van der Waals surface area contributed by atoms with Crippen LogP contribution in [0.5, 0.6) is 0 Å². The fourth-order valence-electron chi connectivity index (χ4n) is 2.31. The lowest BCUT2D eigenvalue weighted by Gasteiger charge is -2.21. The van der Waals surface area contributed by atoms with Crippen LogP contribution in [0.3, 0.4) is 0 Å². The van der Waals surface area contributed by atoms with Crippen molar-refractivity contribution >= 4 is 11.9 Å². The molecule has 0 atom stereocenters. The van der Waals surface area contributed by atoms with Crippen LogP contribution in [0.2, 0.25) is 0 Å². The molecule has 0 aliphatic heterocycles. The van der Waals surface area contributed by atoms with Crippen LogP contribution in [0.15, 0.2) is 24.3 Å². The Morgan fingerprint density at radius 1 is 1.29 bits per heavy atom. The summed E-state index contributed by atoms with van der Waals surface area (Å²) in [5.74, 6) is -1.29. The van der Waals surface area contributed by atoms with Crippen LogP contribution in [0.25, 0.3) is 0 Å². The topological polar surface area (TPSA) is 61.4 Å². The molecule has 1 fully saturated rings. The third-order valence-corrected chi connectivity index (χ3v) is 3.72. The van der Waals surface area contributed by atoms with E-state index in [0.29, 0.717) is 23.3 Å². The standard InChI is InChI=1S/C15H17F4N3O2/c1-22(9-15(17,18)19)12(23)8-20-13(24)21-14(5-6-14)10-3-2-4-11(16)7-10/h2-4,7H,5-6,8-9H2,1H3,(H2,20,21,24). The van der Waals surface area contributed by atoms with Gasteiger partial charge in [-0.05, 0) is 30.5 Å². The van der Waals surface area contributed by atoms with Crippen LogP contribution in [-0.4, -0.2) is 43.2 Å². The highest BCUT2D eigenvalue weighted by Gasteiger charge is 2.45. The predicted molar refractivity (Wildman–Crippen MR) is 77.5 cm³/mol. The van der Waals surface area contributed by atoms with Gasteiger partial charge in [0.05, 0.1) is 12.1 Å². The number of rotatable bonds is 5. The summed E-state index contributed by atoms with van der Waals surface area (Å²) in [6.45, 7) is -1.94. The van der Waals surface area contributed by atoms with Crippen molar-refractivity contribution in [3.05, 3.63) is 35.6 Å². The number of alkyl halides is 3. The van der Waals surface area contributed by atoms with Gasteiger partial charge in [0.15, 0.2) is 0 Å². The second-order valence-corrected chi connectivity index (χ2v) is 5.77. The van der Waals surface area contributed by atoms with Crippen molar-refractivity contribution in [3.63, 3.8) is 0 Å². The van der Waals surface area contributed by atoms with Crippen LogP contribution in [0.1, 0.15) is 18.4 Å². The monoisotopic (exact) mass is 347 g/mol. The Hall–Kier alpha value is -2.32. The Morgan fingerprint density at radius 3 is 2.50 bits per heavy atom. The van der Waals surface area contributed by atoms with E-state index in [1.807, 2.05) is 0 Å². The number of hydrogen-bond donors (Lipinski definition) is 2. The minimum absolute atomic E-state index is 0.426. The van der Waals surface area contributed by atoms with E-state index < -0.39 is 42.6 Å². The van der Waals surface area contributed by atoms with Crippen molar-refractivity contribution in [2.45, 2.75) is 24.6 Å². The molecular formula is C15H17F4N3O2. The Labute approximate surface area is 136 Å². The fraction of sp³-hybridized carbons (Fsp3) is 0.467. The van der Waals surface area contributed by atoms with E-state index in [-0.39, 0.29) is 0 Å². The molecule has 24 heavy (non-hydrogen) atoms. The third-order valence-electron chi connectivity index (χ3n) is 3.72. The molecule has 2 rings (SSSR count). The van der Waals surface area contributed by atoms with Crippen LogP contribution in [0, 0.1) is 5.82 Å². The molecular weight excluding hydrogens is 330 g/mol. The summed E-state index contributed by atoms with van der Waals surface area (Å²) in [5.41, 5.74) is -0.0780. The fourth-order valence-corrected chi connectivity index (χ4v) is 2.31. The Balaban J connectivity index is 1.84. The molecule has 0 radical (unpaired) electrons. The van der Waals surface area contributed by atoms with Crippen molar-refractivity contribution < 1.29 is 27.2 Å². The molecule has 5 nitrogen and oxygen atoms in total. The molecule has 0 heterocycles. The molecule has 132 valence electrons. The average molecular weight is 347 g/mol. The number of nitrogens with zero attached hydrogens (tertiary/aromatic N) is 1. The summed E-state index contributed by atoms with van der Waals surface area (Å²) in [4.78, 5) is 23.9. The quantitative estimate of drug-likeness (QED) is 0.802. The molecule has 1 aromatic carbocycles. The lowest BCUT2D eigenvalue weighted by Crippen LogP contribution is -2.47. The van der Waals surface area contributed by atoms with Crippen LogP contribution >= 0.6 is 0 Å². The predicted octanol–water partition coefficient (Wildman–Crippen LogP) is 2.13. The zero-order valence-corrected chi connectivity index (χ0v) is 12.9. The molecule has 1 aromatic rings. The van der Waals surface area contributed by atoms with Gasteiger partial charge in [0.1, 0.15) is 12.4 Å². The van der Waals surface area contributed by atoms with Gasteiger partial charge in [-0.15, -0.1) is 0 Å². The van der Waals surface area contributed by atoms with Crippen molar-refractivity contribution in [1.29, 1.82) is 0 Å². The van der Waals surface area contributed by atoms with Crippen molar-refractivity contribution in [2.75, 3.05) is 20.1 Å². The highest BCUT2D eigenvalue weighted by atomic mass is 19.4. The molecule has 0 saturated heterocycles. The van der Waals surface area contributed by atoms with Gasteiger partial charge in [-0.2, -0.15) is 13.2 Å². The maximum Gasteiger partial charge on any atom is 0.406 e. The highest BCUT2D eigenvalue weighted by molar-refractivity contribution is 5.84. The van der Waals surface area contributed by atoms with E-state index in [2.05, 4.69) is 10.6 Å². The molecule has 0 spiro atoms. The average Bonchev–Trinajstić information content (AvgIpc) is 3.23. The summed E-state index contributed by atoms with van der Waals surface area (Å²) >= 11 is 0. The Morgan fingerprint density at radius 2 is 1.96 bits per heavy atom. The van der Waals surface area contributed by atoms with Gasteiger partial charge in [-0.3, -0.25) is 4.79 Å². The third kappa shape index (κ3) is 4.84. The van der Waals surface area contributed by atoms with E-state index in [4.69, 9.17) is 0 Å². The number of nitrogens with one attached hydrogen (secondary N) is 2. The number of carbonyl (C=O) groups excluding carboxylic acids is 2. The van der Waals surface area contributed by atoms with E-state index in [0.717, 1.165) is 7.05 Å².